The Kier molecular flexibility index (Phi) is 8.59. The number of nitrogens with zero attached hydrogens (tertiary/aromatic N) is 3. The molecule has 0 radical (unpaired) electrons. The molecular formula is C28H22BrCl3N4O2S. The van der Waals surface area contributed by atoms with Crippen molar-refractivity contribution < 1.29 is 9.53 Å². The molecule has 1 N–H and O–H groups in total. The molecule has 11 heteroatoms. The number of fused-ring (bicyclic) bond motifs is 1. The minimum atomic E-state index is -0.561. The highest BCUT2D eigenvalue weighted by Gasteiger charge is 2.34. The second kappa shape index (κ2) is 11.9. The summed E-state index contributed by atoms with van der Waals surface area (Å²) in [4.78, 5) is 17.7. The van der Waals surface area contributed by atoms with E-state index in [0.717, 1.165) is 21.2 Å². The number of halogens is 4. The van der Waals surface area contributed by atoms with Crippen molar-refractivity contribution in [2.24, 2.45) is 0 Å². The van der Waals surface area contributed by atoms with Crippen LogP contribution in [0, 0.1) is 0 Å². The Morgan fingerprint density at radius 2 is 1.87 bits per heavy atom. The van der Waals surface area contributed by atoms with Gasteiger partial charge in [0.15, 0.2) is 5.78 Å². The molecule has 5 rings (SSSR count). The van der Waals surface area contributed by atoms with E-state index in [4.69, 9.17) is 49.6 Å². The Balaban J connectivity index is 1.52. The molecule has 6 nitrogen and oxygen atoms in total. The average molecular weight is 665 g/mol. The van der Waals surface area contributed by atoms with Crippen LogP contribution in [0.25, 0.3) is 0 Å². The molecule has 1 unspecified atom stereocenters. The van der Waals surface area contributed by atoms with Crippen LogP contribution in [0.3, 0.4) is 0 Å². The first-order chi connectivity index (χ1) is 18.7. The number of rotatable bonds is 8. The Morgan fingerprint density at radius 3 is 2.62 bits per heavy atom. The highest BCUT2D eigenvalue weighted by molar-refractivity contribution is 9.10. The largest absolute Gasteiger partial charge is 0.488 e. The van der Waals surface area contributed by atoms with Gasteiger partial charge >= 0.3 is 0 Å². The highest BCUT2D eigenvalue weighted by atomic mass is 79.9. The van der Waals surface area contributed by atoms with E-state index in [1.807, 2.05) is 55.5 Å². The number of thioether (sulfide) groups is 1. The van der Waals surface area contributed by atoms with Crippen LogP contribution >= 0.6 is 62.5 Å². The van der Waals surface area contributed by atoms with Crippen LogP contribution in [0.15, 0.2) is 81.6 Å². The van der Waals surface area contributed by atoms with Crippen molar-refractivity contribution in [1.29, 1.82) is 0 Å². The summed E-state index contributed by atoms with van der Waals surface area (Å²) in [5.41, 5.74) is 3.82. The van der Waals surface area contributed by atoms with Gasteiger partial charge in [-0.3, -0.25) is 4.79 Å². The molecule has 0 amide bonds. The van der Waals surface area contributed by atoms with Crippen molar-refractivity contribution in [3.8, 4) is 5.75 Å². The summed E-state index contributed by atoms with van der Waals surface area (Å²) in [6.45, 7) is 3.63. The lowest BCUT2D eigenvalue weighted by atomic mass is 9.92. The Labute approximate surface area is 253 Å². The molecule has 0 aliphatic carbocycles. The molecule has 1 aromatic heterocycles. The van der Waals surface area contributed by atoms with Gasteiger partial charge in [0.2, 0.25) is 11.1 Å². The van der Waals surface area contributed by atoms with Crippen molar-refractivity contribution in [2.45, 2.75) is 37.4 Å². The summed E-state index contributed by atoms with van der Waals surface area (Å²) >= 11 is 23.8. The summed E-state index contributed by atoms with van der Waals surface area (Å²) < 4.78 is 8.85. The molecule has 0 bridgehead atoms. The highest BCUT2D eigenvalue weighted by Crippen LogP contribution is 2.42. The van der Waals surface area contributed by atoms with Gasteiger partial charge in [0.25, 0.3) is 0 Å². The summed E-state index contributed by atoms with van der Waals surface area (Å²) in [5.74, 6) is 1.65. The molecule has 2 heterocycles. The van der Waals surface area contributed by atoms with E-state index in [1.165, 1.54) is 11.8 Å². The first-order valence-electron chi connectivity index (χ1n) is 11.9. The molecule has 1 atom stereocenters. The van der Waals surface area contributed by atoms with Crippen molar-refractivity contribution in [3.05, 3.63) is 108 Å². The zero-order chi connectivity index (χ0) is 27.7. The molecule has 0 fully saturated rings. The van der Waals surface area contributed by atoms with E-state index < -0.39 is 6.04 Å². The van der Waals surface area contributed by atoms with E-state index >= 15 is 0 Å². The lowest BCUT2D eigenvalue weighted by Gasteiger charge is -2.29. The third-order valence-electron chi connectivity index (χ3n) is 6.19. The summed E-state index contributed by atoms with van der Waals surface area (Å²) in [5, 5.41) is 10.4. The maximum Gasteiger partial charge on any atom is 0.227 e. The zero-order valence-electron chi connectivity index (χ0n) is 20.8. The molecule has 3 aromatic carbocycles. The Bertz CT molecular complexity index is 1610. The second-order valence-electron chi connectivity index (χ2n) is 8.87. The standard InChI is InChI=1S/C28H22BrCl3N4O2S/c1-15-25(16(2)37)26(36-27(33-15)34-28(35-36)39-14-18-5-3-4-6-22(18)31)21-11-19(29)8-10-24(21)38-13-17-7-9-20(30)12-23(17)32/h3-12,26H,13-14H2,1-2H3,(H,33,34,35). The summed E-state index contributed by atoms with van der Waals surface area (Å²) in [6.07, 6.45) is 0. The van der Waals surface area contributed by atoms with Gasteiger partial charge in [0, 0.05) is 47.7 Å². The molecule has 39 heavy (non-hydrogen) atoms. The van der Waals surface area contributed by atoms with E-state index in [1.54, 1.807) is 23.7 Å². The number of carbonyl (C=O) groups excluding carboxylic acids is 1. The van der Waals surface area contributed by atoms with Crippen LogP contribution in [0.2, 0.25) is 15.1 Å². The van der Waals surface area contributed by atoms with Gasteiger partial charge in [-0.2, -0.15) is 4.98 Å². The summed E-state index contributed by atoms with van der Waals surface area (Å²) in [6, 6.07) is 18.1. The van der Waals surface area contributed by atoms with Gasteiger partial charge in [-0.1, -0.05) is 86.8 Å². The fourth-order valence-electron chi connectivity index (χ4n) is 4.35. The fourth-order valence-corrected chi connectivity index (χ4v) is 6.31. The molecule has 1 aliphatic heterocycles. The van der Waals surface area contributed by atoms with Crippen LogP contribution in [0.5, 0.6) is 5.75 Å². The van der Waals surface area contributed by atoms with Crippen LogP contribution in [0.1, 0.15) is 36.6 Å². The molecule has 200 valence electrons. The second-order valence-corrected chi connectivity index (χ2v) is 12.0. The van der Waals surface area contributed by atoms with Gasteiger partial charge in [0.05, 0.1) is 0 Å². The van der Waals surface area contributed by atoms with Crippen LogP contribution in [-0.4, -0.2) is 20.5 Å². The number of hydrogen-bond donors (Lipinski definition) is 1. The van der Waals surface area contributed by atoms with Crippen LogP contribution in [-0.2, 0) is 17.2 Å². The number of anilines is 1. The van der Waals surface area contributed by atoms with E-state index in [-0.39, 0.29) is 12.4 Å². The molecular weight excluding hydrogens is 643 g/mol. The maximum absolute atomic E-state index is 12.9. The van der Waals surface area contributed by atoms with Gasteiger partial charge < -0.3 is 10.1 Å². The monoisotopic (exact) mass is 662 g/mol. The first-order valence-corrected chi connectivity index (χ1v) is 14.8. The number of Topliss-reactive ketones (excluding diaryl/α,β-unsaturated/α-hetero) is 1. The molecule has 0 saturated carbocycles. The van der Waals surface area contributed by atoms with Crippen molar-refractivity contribution in [1.82, 2.24) is 14.8 Å². The van der Waals surface area contributed by atoms with Crippen molar-refractivity contribution >= 4 is 74.2 Å². The van der Waals surface area contributed by atoms with Crippen molar-refractivity contribution in [3.63, 3.8) is 0 Å². The third kappa shape index (κ3) is 6.15. The Hall–Kier alpha value is -2.49. The molecule has 0 spiro atoms. The maximum atomic E-state index is 12.9. The van der Waals surface area contributed by atoms with E-state index in [9.17, 15) is 4.79 Å². The number of hydrogen-bond acceptors (Lipinski definition) is 6. The predicted molar refractivity (Wildman–Crippen MR) is 161 cm³/mol. The number of carbonyl (C=O) groups is 1. The molecule has 0 saturated heterocycles. The van der Waals surface area contributed by atoms with E-state index in [2.05, 4.69) is 21.2 Å². The lowest BCUT2D eigenvalue weighted by molar-refractivity contribution is -0.114. The zero-order valence-corrected chi connectivity index (χ0v) is 25.5. The Morgan fingerprint density at radius 1 is 1.08 bits per heavy atom. The predicted octanol–water partition coefficient (Wildman–Crippen LogP) is 8.75. The quantitative estimate of drug-likeness (QED) is 0.190. The minimum Gasteiger partial charge on any atom is -0.488 e. The topological polar surface area (TPSA) is 69.0 Å². The third-order valence-corrected chi connectivity index (χ3v) is 8.53. The normalized spacial score (nSPS) is 14.7. The SMILES string of the molecule is CC(=O)C1=C(C)Nc2nc(SCc3ccccc3Cl)nn2C1c1cc(Br)ccc1OCc1ccc(Cl)cc1Cl. The van der Waals surface area contributed by atoms with Crippen molar-refractivity contribution in [2.75, 3.05) is 5.32 Å². The number of nitrogens with one attached hydrogen (secondary N) is 1. The number of ketones is 1. The van der Waals surface area contributed by atoms with Gasteiger partial charge in [0.1, 0.15) is 18.4 Å². The number of aromatic nitrogens is 3. The molecule has 4 aromatic rings. The van der Waals surface area contributed by atoms with Crippen LogP contribution < -0.4 is 10.1 Å². The van der Waals surface area contributed by atoms with Gasteiger partial charge in [-0.05, 0) is 55.8 Å². The van der Waals surface area contributed by atoms with E-state index in [0.29, 0.717) is 48.9 Å². The first kappa shape index (κ1) is 28.1. The summed E-state index contributed by atoms with van der Waals surface area (Å²) in [7, 11) is 0. The van der Waals surface area contributed by atoms with Gasteiger partial charge in [-0.15, -0.1) is 5.10 Å². The smallest absolute Gasteiger partial charge is 0.227 e. The minimum absolute atomic E-state index is 0.0805. The number of ether oxygens (including phenoxy) is 1. The molecule has 1 aliphatic rings. The fraction of sp³-hybridized carbons (Fsp3) is 0.179. The number of benzene rings is 3. The van der Waals surface area contributed by atoms with Gasteiger partial charge in [-0.25, -0.2) is 4.68 Å². The lowest BCUT2D eigenvalue weighted by Crippen LogP contribution is -2.28. The van der Waals surface area contributed by atoms with Crippen LogP contribution in [0.4, 0.5) is 5.95 Å². The average Bonchev–Trinajstić information content (AvgIpc) is 3.29. The number of allylic oxidation sites excluding steroid dienone is 2.